The molecule has 0 aliphatic rings. The third-order valence-electron chi connectivity index (χ3n) is 1.80. The Morgan fingerprint density at radius 1 is 1.62 bits per heavy atom. The van der Waals surface area contributed by atoms with E-state index in [1.807, 2.05) is 13.0 Å². The number of carbonyl (C=O) groups excluding carboxylic acids is 1. The van der Waals surface area contributed by atoms with Crippen LogP contribution in [0.15, 0.2) is 18.5 Å². The van der Waals surface area contributed by atoms with Gasteiger partial charge in [0.2, 0.25) is 0 Å². The molecule has 0 unspecified atom stereocenters. The van der Waals surface area contributed by atoms with Crippen molar-refractivity contribution in [1.29, 1.82) is 0 Å². The van der Waals surface area contributed by atoms with E-state index in [0.717, 1.165) is 11.1 Å². The third-order valence-corrected chi connectivity index (χ3v) is 1.80. The molecular weight excluding hydrogens is 166 g/mol. The van der Waals surface area contributed by atoms with Crippen LogP contribution in [-0.2, 0) is 6.54 Å². The molecule has 2 amide bonds. The lowest BCUT2D eigenvalue weighted by atomic mass is 10.1. The molecule has 13 heavy (non-hydrogen) atoms. The number of nitrogens with one attached hydrogen (secondary N) is 2. The van der Waals surface area contributed by atoms with Gasteiger partial charge in [-0.3, -0.25) is 4.98 Å². The summed E-state index contributed by atoms with van der Waals surface area (Å²) >= 11 is 0. The molecule has 4 nitrogen and oxygen atoms in total. The Hall–Kier alpha value is -1.58. The third kappa shape index (κ3) is 2.74. The van der Waals surface area contributed by atoms with E-state index in [-0.39, 0.29) is 6.03 Å². The SMILES string of the molecule is CNC(=O)NCc1ccncc1C. The van der Waals surface area contributed by atoms with Crippen LogP contribution in [0.2, 0.25) is 0 Å². The van der Waals surface area contributed by atoms with Crippen LogP contribution < -0.4 is 10.6 Å². The highest BCUT2D eigenvalue weighted by atomic mass is 16.2. The standard InChI is InChI=1S/C9H13N3O/c1-7-5-11-4-3-8(7)6-12-9(13)10-2/h3-5H,6H2,1-2H3,(H2,10,12,13). The summed E-state index contributed by atoms with van der Waals surface area (Å²) < 4.78 is 0. The summed E-state index contributed by atoms with van der Waals surface area (Å²) in [6.45, 7) is 2.50. The number of aromatic nitrogens is 1. The van der Waals surface area contributed by atoms with Crippen LogP contribution in [0.3, 0.4) is 0 Å². The summed E-state index contributed by atoms with van der Waals surface area (Å²) in [4.78, 5) is 14.8. The lowest BCUT2D eigenvalue weighted by molar-refractivity contribution is 0.242. The van der Waals surface area contributed by atoms with E-state index >= 15 is 0 Å². The molecule has 0 aliphatic carbocycles. The zero-order chi connectivity index (χ0) is 9.68. The molecule has 4 heteroatoms. The predicted molar refractivity (Wildman–Crippen MR) is 50.3 cm³/mol. The van der Waals surface area contributed by atoms with Gasteiger partial charge in [0.1, 0.15) is 0 Å². The number of carbonyl (C=O) groups is 1. The van der Waals surface area contributed by atoms with Gasteiger partial charge in [0.25, 0.3) is 0 Å². The molecule has 0 bridgehead atoms. The molecule has 0 radical (unpaired) electrons. The first-order valence-corrected chi connectivity index (χ1v) is 4.09. The van der Waals surface area contributed by atoms with Crippen molar-refractivity contribution in [3.8, 4) is 0 Å². The molecule has 0 saturated heterocycles. The lowest BCUT2D eigenvalue weighted by Gasteiger charge is -2.06. The number of rotatable bonds is 2. The first-order chi connectivity index (χ1) is 6.24. The number of hydrogen-bond acceptors (Lipinski definition) is 2. The number of amides is 2. The number of hydrogen-bond donors (Lipinski definition) is 2. The second kappa shape index (κ2) is 4.45. The predicted octanol–water partition coefficient (Wildman–Crippen LogP) is 0.819. The highest BCUT2D eigenvalue weighted by molar-refractivity contribution is 5.73. The largest absolute Gasteiger partial charge is 0.341 e. The maximum Gasteiger partial charge on any atom is 0.314 e. The van der Waals surface area contributed by atoms with Gasteiger partial charge in [-0.1, -0.05) is 0 Å². The summed E-state index contributed by atoms with van der Waals surface area (Å²) in [5, 5.41) is 5.20. The Morgan fingerprint density at radius 2 is 2.38 bits per heavy atom. The quantitative estimate of drug-likeness (QED) is 0.706. The summed E-state index contributed by atoms with van der Waals surface area (Å²) in [6.07, 6.45) is 3.49. The van der Waals surface area contributed by atoms with Crippen LogP contribution in [0, 0.1) is 6.92 Å². The summed E-state index contributed by atoms with van der Waals surface area (Å²) in [5.74, 6) is 0. The van der Waals surface area contributed by atoms with E-state index in [2.05, 4.69) is 15.6 Å². The van der Waals surface area contributed by atoms with Gasteiger partial charge in [0.05, 0.1) is 0 Å². The fourth-order valence-corrected chi connectivity index (χ4v) is 0.964. The van der Waals surface area contributed by atoms with Crippen molar-refractivity contribution >= 4 is 6.03 Å². The van der Waals surface area contributed by atoms with Gasteiger partial charge in [-0.25, -0.2) is 4.79 Å². The molecule has 0 saturated carbocycles. The average molecular weight is 179 g/mol. The smallest absolute Gasteiger partial charge is 0.314 e. The van der Waals surface area contributed by atoms with Crippen molar-refractivity contribution in [2.75, 3.05) is 7.05 Å². The van der Waals surface area contributed by atoms with Crippen LogP contribution in [-0.4, -0.2) is 18.1 Å². The van der Waals surface area contributed by atoms with Crippen molar-refractivity contribution in [3.05, 3.63) is 29.6 Å². The van der Waals surface area contributed by atoms with Crippen LogP contribution >= 0.6 is 0 Å². The van der Waals surface area contributed by atoms with E-state index in [0.29, 0.717) is 6.54 Å². The average Bonchev–Trinajstić information content (AvgIpc) is 2.16. The van der Waals surface area contributed by atoms with Gasteiger partial charge in [0, 0.05) is 26.0 Å². The molecule has 0 aromatic carbocycles. The maximum absolute atomic E-state index is 10.9. The zero-order valence-electron chi connectivity index (χ0n) is 7.79. The highest BCUT2D eigenvalue weighted by Gasteiger charge is 1.99. The molecule has 1 rings (SSSR count). The number of aryl methyl sites for hydroxylation is 1. The molecule has 1 aromatic rings. The van der Waals surface area contributed by atoms with Gasteiger partial charge in [-0.2, -0.15) is 0 Å². The van der Waals surface area contributed by atoms with Crippen molar-refractivity contribution in [3.63, 3.8) is 0 Å². The van der Waals surface area contributed by atoms with Crippen LogP contribution in [0.25, 0.3) is 0 Å². The molecule has 1 heterocycles. The maximum atomic E-state index is 10.9. The fraction of sp³-hybridized carbons (Fsp3) is 0.333. The molecular formula is C9H13N3O. The number of pyridine rings is 1. The Balaban J connectivity index is 2.54. The Kier molecular flexibility index (Phi) is 3.25. The molecule has 1 aromatic heterocycles. The topological polar surface area (TPSA) is 54.0 Å². The molecule has 0 aliphatic heterocycles. The van der Waals surface area contributed by atoms with Crippen molar-refractivity contribution in [2.45, 2.75) is 13.5 Å². The highest BCUT2D eigenvalue weighted by Crippen LogP contribution is 2.03. The normalized spacial score (nSPS) is 9.38. The van der Waals surface area contributed by atoms with E-state index in [1.165, 1.54) is 0 Å². The Bertz CT molecular complexity index is 299. The van der Waals surface area contributed by atoms with Crippen molar-refractivity contribution in [2.24, 2.45) is 0 Å². The van der Waals surface area contributed by atoms with Gasteiger partial charge in [-0.15, -0.1) is 0 Å². The van der Waals surface area contributed by atoms with Crippen molar-refractivity contribution < 1.29 is 4.79 Å². The minimum Gasteiger partial charge on any atom is -0.341 e. The second-order valence-electron chi connectivity index (χ2n) is 2.73. The van der Waals surface area contributed by atoms with Crippen LogP contribution in [0.5, 0.6) is 0 Å². The van der Waals surface area contributed by atoms with Gasteiger partial charge < -0.3 is 10.6 Å². The Morgan fingerprint density at radius 3 is 3.00 bits per heavy atom. The molecule has 0 spiro atoms. The van der Waals surface area contributed by atoms with Crippen molar-refractivity contribution in [1.82, 2.24) is 15.6 Å². The van der Waals surface area contributed by atoms with Gasteiger partial charge >= 0.3 is 6.03 Å². The first kappa shape index (κ1) is 9.51. The summed E-state index contributed by atoms with van der Waals surface area (Å²) in [6, 6.07) is 1.72. The van der Waals surface area contributed by atoms with E-state index in [9.17, 15) is 4.79 Å². The number of urea groups is 1. The summed E-state index contributed by atoms with van der Waals surface area (Å²) in [5.41, 5.74) is 2.16. The molecule has 0 fully saturated rings. The van der Waals surface area contributed by atoms with Crippen LogP contribution in [0.1, 0.15) is 11.1 Å². The Labute approximate surface area is 77.4 Å². The van der Waals surface area contributed by atoms with Gasteiger partial charge in [-0.05, 0) is 24.1 Å². The minimum absolute atomic E-state index is 0.170. The minimum atomic E-state index is -0.170. The van der Waals surface area contributed by atoms with Crippen LogP contribution in [0.4, 0.5) is 4.79 Å². The molecule has 70 valence electrons. The number of nitrogens with zero attached hydrogens (tertiary/aromatic N) is 1. The lowest BCUT2D eigenvalue weighted by Crippen LogP contribution is -2.32. The zero-order valence-corrected chi connectivity index (χ0v) is 7.79. The van der Waals surface area contributed by atoms with E-state index < -0.39 is 0 Å². The van der Waals surface area contributed by atoms with E-state index in [1.54, 1.807) is 19.4 Å². The second-order valence-corrected chi connectivity index (χ2v) is 2.73. The fourth-order valence-electron chi connectivity index (χ4n) is 0.964. The first-order valence-electron chi connectivity index (χ1n) is 4.09. The van der Waals surface area contributed by atoms with E-state index in [4.69, 9.17) is 0 Å². The van der Waals surface area contributed by atoms with Gasteiger partial charge in [0.15, 0.2) is 0 Å². The molecule has 0 atom stereocenters. The summed E-state index contributed by atoms with van der Waals surface area (Å²) in [7, 11) is 1.59. The molecule has 2 N–H and O–H groups in total. The monoisotopic (exact) mass is 179 g/mol.